The Morgan fingerprint density at radius 2 is 2.10 bits per heavy atom. The highest BCUT2D eigenvalue weighted by Crippen LogP contribution is 2.24. The lowest BCUT2D eigenvalue weighted by Gasteiger charge is -2.22. The van der Waals surface area contributed by atoms with Crippen molar-refractivity contribution in [1.29, 1.82) is 0 Å². The van der Waals surface area contributed by atoms with Crippen LogP contribution >= 0.6 is 11.8 Å². The Balaban J connectivity index is 2.77. The van der Waals surface area contributed by atoms with E-state index >= 15 is 0 Å². The molecule has 1 rings (SSSR count). The summed E-state index contributed by atoms with van der Waals surface area (Å²) in [4.78, 5) is 12.1. The van der Waals surface area contributed by atoms with Crippen molar-refractivity contribution in [3.63, 3.8) is 0 Å². The van der Waals surface area contributed by atoms with Crippen molar-refractivity contribution in [3.8, 4) is 11.5 Å². The number of amides is 1. The Morgan fingerprint density at radius 3 is 2.65 bits per heavy atom. The monoisotopic (exact) mass is 299 g/mol. The smallest absolute Gasteiger partial charge is 0.255 e. The zero-order valence-corrected chi connectivity index (χ0v) is 13.0. The maximum atomic E-state index is 12.1. The molecule has 112 valence electrons. The Hall–Kier alpha value is -1.40. The van der Waals surface area contributed by atoms with Crippen LogP contribution in [-0.2, 0) is 0 Å². The molecule has 6 heteroatoms. The molecule has 2 N–H and O–H groups in total. The van der Waals surface area contributed by atoms with Gasteiger partial charge in [0, 0.05) is 18.4 Å². The molecule has 0 aliphatic heterocycles. The van der Waals surface area contributed by atoms with Gasteiger partial charge in [0.1, 0.15) is 11.5 Å². The van der Waals surface area contributed by atoms with Crippen LogP contribution < -0.4 is 14.8 Å². The quantitative estimate of drug-likeness (QED) is 0.799. The molecule has 1 atom stereocenters. The molecule has 20 heavy (non-hydrogen) atoms. The summed E-state index contributed by atoms with van der Waals surface area (Å²) >= 11 is 1.53. The van der Waals surface area contributed by atoms with Crippen LogP contribution in [0, 0.1) is 0 Å². The largest absolute Gasteiger partial charge is 0.497 e. The van der Waals surface area contributed by atoms with E-state index in [2.05, 4.69) is 5.32 Å². The third kappa shape index (κ3) is 4.61. The second-order valence-corrected chi connectivity index (χ2v) is 5.54. The summed E-state index contributed by atoms with van der Waals surface area (Å²) in [6, 6.07) is 4.97. The van der Waals surface area contributed by atoms with Gasteiger partial charge in [-0.15, -0.1) is 0 Å². The van der Waals surface area contributed by atoms with Crippen molar-refractivity contribution in [2.45, 2.75) is 12.5 Å². The maximum absolute atomic E-state index is 12.1. The number of thioether (sulfide) groups is 1. The molecule has 1 amide bonds. The van der Waals surface area contributed by atoms with Crippen LogP contribution in [0.25, 0.3) is 0 Å². The minimum Gasteiger partial charge on any atom is -0.497 e. The first-order valence-electron chi connectivity index (χ1n) is 6.15. The normalized spacial score (nSPS) is 13.4. The van der Waals surface area contributed by atoms with Crippen molar-refractivity contribution in [2.24, 2.45) is 0 Å². The van der Waals surface area contributed by atoms with Gasteiger partial charge in [0.15, 0.2) is 0 Å². The van der Waals surface area contributed by atoms with Crippen LogP contribution in [0.15, 0.2) is 18.2 Å². The van der Waals surface area contributed by atoms with Crippen LogP contribution in [0.5, 0.6) is 11.5 Å². The Labute approximate surface area is 123 Å². The van der Waals surface area contributed by atoms with E-state index in [4.69, 9.17) is 9.47 Å². The zero-order chi connectivity index (χ0) is 15.2. The van der Waals surface area contributed by atoms with E-state index in [9.17, 15) is 9.90 Å². The average Bonchev–Trinajstić information content (AvgIpc) is 2.44. The second-order valence-electron chi connectivity index (χ2n) is 4.68. The Kier molecular flexibility index (Phi) is 6.16. The van der Waals surface area contributed by atoms with Crippen LogP contribution in [0.1, 0.15) is 17.3 Å². The van der Waals surface area contributed by atoms with Gasteiger partial charge < -0.3 is 19.9 Å². The first-order valence-corrected chi connectivity index (χ1v) is 7.54. The molecule has 5 nitrogen and oxygen atoms in total. The van der Waals surface area contributed by atoms with Crippen LogP contribution in [0.2, 0.25) is 0 Å². The van der Waals surface area contributed by atoms with Gasteiger partial charge in [-0.3, -0.25) is 4.79 Å². The molecule has 0 saturated carbocycles. The third-order valence-corrected chi connectivity index (χ3v) is 3.65. The van der Waals surface area contributed by atoms with Crippen molar-refractivity contribution in [1.82, 2.24) is 5.32 Å². The number of carbonyl (C=O) groups is 1. The van der Waals surface area contributed by atoms with E-state index in [0.717, 1.165) is 0 Å². The summed E-state index contributed by atoms with van der Waals surface area (Å²) in [6.45, 7) is 1.87. The predicted molar refractivity (Wildman–Crippen MR) is 80.9 cm³/mol. The lowest BCUT2D eigenvalue weighted by atomic mass is 10.1. The molecular formula is C14H21NO4S. The summed E-state index contributed by atoms with van der Waals surface area (Å²) in [7, 11) is 3.05. The molecule has 0 radical (unpaired) electrons. The standard InChI is InChI=1S/C14H21NO4S/c1-14(17,9-20-4)8-15-13(16)11-6-5-10(18-2)7-12(11)19-3/h5-7,17H,8-9H2,1-4H3,(H,15,16). The molecule has 0 saturated heterocycles. The topological polar surface area (TPSA) is 67.8 Å². The summed E-state index contributed by atoms with van der Waals surface area (Å²) in [5.74, 6) is 1.32. The number of hydrogen-bond donors (Lipinski definition) is 2. The number of nitrogens with one attached hydrogen (secondary N) is 1. The van der Waals surface area contributed by atoms with E-state index in [1.54, 1.807) is 32.2 Å². The summed E-state index contributed by atoms with van der Waals surface area (Å²) in [6.07, 6.45) is 1.91. The second kappa shape index (κ2) is 7.40. The Morgan fingerprint density at radius 1 is 1.40 bits per heavy atom. The highest BCUT2D eigenvalue weighted by molar-refractivity contribution is 7.98. The fraction of sp³-hybridized carbons (Fsp3) is 0.500. The average molecular weight is 299 g/mol. The van der Waals surface area contributed by atoms with Gasteiger partial charge in [0.05, 0.1) is 25.4 Å². The van der Waals surface area contributed by atoms with Gasteiger partial charge in [-0.05, 0) is 25.3 Å². The molecule has 1 aromatic carbocycles. The number of benzene rings is 1. The lowest BCUT2D eigenvalue weighted by molar-refractivity contribution is 0.0723. The molecule has 0 bridgehead atoms. The highest BCUT2D eigenvalue weighted by Gasteiger charge is 2.22. The van der Waals surface area contributed by atoms with Crippen LogP contribution in [0.3, 0.4) is 0 Å². The lowest BCUT2D eigenvalue weighted by Crippen LogP contribution is -2.42. The molecule has 0 aliphatic rings. The van der Waals surface area contributed by atoms with E-state index in [1.165, 1.54) is 18.9 Å². The minimum atomic E-state index is -0.936. The third-order valence-electron chi connectivity index (χ3n) is 2.74. The summed E-state index contributed by atoms with van der Waals surface area (Å²) in [5.41, 5.74) is -0.525. The fourth-order valence-electron chi connectivity index (χ4n) is 1.71. The molecular weight excluding hydrogens is 278 g/mol. The molecule has 0 aromatic heterocycles. The fourth-order valence-corrected chi connectivity index (χ4v) is 2.44. The van der Waals surface area contributed by atoms with Gasteiger partial charge in [0.2, 0.25) is 0 Å². The summed E-state index contributed by atoms with van der Waals surface area (Å²) in [5, 5.41) is 12.7. The molecule has 0 spiro atoms. The van der Waals surface area contributed by atoms with Crippen molar-refractivity contribution >= 4 is 17.7 Å². The van der Waals surface area contributed by atoms with Gasteiger partial charge >= 0.3 is 0 Å². The highest BCUT2D eigenvalue weighted by atomic mass is 32.2. The van der Waals surface area contributed by atoms with Gasteiger partial charge in [-0.1, -0.05) is 0 Å². The number of ether oxygens (including phenoxy) is 2. The van der Waals surface area contributed by atoms with Crippen molar-refractivity contribution in [2.75, 3.05) is 32.8 Å². The number of hydrogen-bond acceptors (Lipinski definition) is 5. The summed E-state index contributed by atoms with van der Waals surface area (Å²) < 4.78 is 10.3. The van der Waals surface area contributed by atoms with Crippen molar-refractivity contribution in [3.05, 3.63) is 23.8 Å². The van der Waals surface area contributed by atoms with Gasteiger partial charge in [-0.25, -0.2) is 0 Å². The molecule has 1 aromatic rings. The van der Waals surface area contributed by atoms with Crippen LogP contribution in [0.4, 0.5) is 0 Å². The molecule has 1 unspecified atom stereocenters. The molecule has 0 aliphatic carbocycles. The van der Waals surface area contributed by atoms with Crippen LogP contribution in [-0.4, -0.2) is 49.4 Å². The molecule has 0 fully saturated rings. The molecule has 0 heterocycles. The van der Waals surface area contributed by atoms with Crippen molar-refractivity contribution < 1.29 is 19.4 Å². The van der Waals surface area contributed by atoms with E-state index in [-0.39, 0.29) is 12.5 Å². The van der Waals surface area contributed by atoms with E-state index in [0.29, 0.717) is 22.8 Å². The number of rotatable bonds is 7. The van der Waals surface area contributed by atoms with Gasteiger partial charge in [-0.2, -0.15) is 11.8 Å². The van der Waals surface area contributed by atoms with Gasteiger partial charge in [0.25, 0.3) is 5.91 Å². The first kappa shape index (κ1) is 16.7. The van der Waals surface area contributed by atoms with E-state index < -0.39 is 5.60 Å². The van der Waals surface area contributed by atoms with E-state index in [1.807, 2.05) is 6.26 Å². The first-order chi connectivity index (χ1) is 9.43. The number of aliphatic hydroxyl groups is 1. The minimum absolute atomic E-state index is 0.182. The number of carbonyl (C=O) groups excluding carboxylic acids is 1. The predicted octanol–water partition coefficient (Wildman–Crippen LogP) is 1.55. The zero-order valence-electron chi connectivity index (χ0n) is 12.2. The maximum Gasteiger partial charge on any atom is 0.255 e. The Bertz CT molecular complexity index is 462. The number of methoxy groups -OCH3 is 2. The SMILES string of the molecule is COc1ccc(C(=O)NCC(C)(O)CSC)c(OC)c1.